The molecule has 0 radical (unpaired) electrons. The molecule has 11 nitrogen and oxygen atoms in total. The summed E-state index contributed by atoms with van der Waals surface area (Å²) in [6.45, 7) is -3.46. The summed E-state index contributed by atoms with van der Waals surface area (Å²) in [7, 11) is 1.64. The highest BCUT2D eigenvalue weighted by atomic mass is 35.5. The van der Waals surface area contributed by atoms with Crippen LogP contribution in [0.3, 0.4) is 0 Å². The highest BCUT2D eigenvalue weighted by Gasteiger charge is 2.35. The molecule has 4 aromatic heterocycles. The highest BCUT2D eigenvalue weighted by molar-refractivity contribution is 7.59. The maximum Gasteiger partial charge on any atom is 0.436 e. The van der Waals surface area contributed by atoms with Crippen molar-refractivity contribution < 1.29 is 35.8 Å². The third-order valence-corrected chi connectivity index (χ3v) is 6.54. The van der Waals surface area contributed by atoms with Gasteiger partial charge >= 0.3 is 12.8 Å². The zero-order valence-corrected chi connectivity index (χ0v) is 23.5. The van der Waals surface area contributed by atoms with Crippen molar-refractivity contribution in [1.29, 1.82) is 0 Å². The Morgan fingerprint density at radius 2 is 1.88 bits per heavy atom. The second-order valence-corrected chi connectivity index (χ2v) is 9.26. The summed E-state index contributed by atoms with van der Waals surface area (Å²) in [5, 5.41) is 27.1. The molecule has 1 aromatic carbocycles. The zero-order chi connectivity index (χ0) is 30.2. The molecule has 0 N–H and O–H groups in total. The van der Waals surface area contributed by atoms with E-state index in [1.165, 1.54) is 40.0 Å². The highest BCUT2D eigenvalue weighted by Crippen LogP contribution is 2.35. The van der Waals surface area contributed by atoms with Gasteiger partial charge in [0.05, 0.1) is 47.2 Å². The van der Waals surface area contributed by atoms with Gasteiger partial charge in [0.1, 0.15) is 17.4 Å². The number of imidazole rings is 1. The van der Waals surface area contributed by atoms with E-state index in [9.17, 15) is 27.2 Å². The van der Waals surface area contributed by atoms with Gasteiger partial charge in [0.25, 0.3) is 0 Å². The summed E-state index contributed by atoms with van der Waals surface area (Å²) in [6.07, 6.45) is 1.10. The molecule has 1 atom stereocenters. The van der Waals surface area contributed by atoms with E-state index in [2.05, 4.69) is 30.3 Å². The fourth-order valence-electron chi connectivity index (χ4n) is 4.30. The minimum atomic E-state index is -4.80. The van der Waals surface area contributed by atoms with Crippen molar-refractivity contribution in [3.05, 3.63) is 82.8 Å². The van der Waals surface area contributed by atoms with Crippen molar-refractivity contribution in [1.82, 2.24) is 39.5 Å². The van der Waals surface area contributed by atoms with E-state index in [1.54, 1.807) is 13.2 Å². The Bertz CT molecular complexity index is 1730. The van der Waals surface area contributed by atoms with Crippen LogP contribution in [0.25, 0.3) is 28.2 Å². The van der Waals surface area contributed by atoms with Gasteiger partial charge in [0.15, 0.2) is 17.7 Å². The SMILES string of the molecule is Cn1nncc1-c1cn([C@@H](CCOC(F)F)c2ccc(-c3c(-n4cc(C(F)(F)F)nn4)ccc(Cl)c3F)c[n+]2[O-])cn1.S. The van der Waals surface area contributed by atoms with Gasteiger partial charge in [0.2, 0.25) is 5.69 Å². The predicted octanol–water partition coefficient (Wildman–Crippen LogP) is 4.70. The quantitative estimate of drug-likeness (QED) is 0.129. The van der Waals surface area contributed by atoms with Crippen LogP contribution >= 0.6 is 25.1 Å². The lowest BCUT2D eigenvalue weighted by molar-refractivity contribution is -0.615. The molecule has 5 rings (SSSR count). The molecule has 0 fully saturated rings. The number of aromatic nitrogens is 9. The molecular weight excluding hydrogens is 628 g/mol. The van der Waals surface area contributed by atoms with Crippen molar-refractivity contribution in [2.75, 3.05) is 6.61 Å². The molecule has 228 valence electrons. The Balaban J connectivity index is 0.00000423. The standard InChI is InChI=1S/C24H18ClF6N9O2.H2S/c1-37-19(8-33-35-37)15-10-38(12-32-15)16(6-7-42-23(27)28)17-4-2-13(9-40(17)41)21-18(5-3-14(25)22(21)26)39-11-20(34-36-39)24(29,30)31;/h2-5,8-12,16,23H,6-7H2,1H3;1H2/t16-;/m0./s1. The third kappa shape index (κ3) is 6.60. The van der Waals surface area contributed by atoms with E-state index < -0.39 is 36.9 Å². The largest absolute Gasteiger partial charge is 0.618 e. The minimum Gasteiger partial charge on any atom is -0.618 e. The molecule has 0 amide bonds. The lowest BCUT2D eigenvalue weighted by Gasteiger charge is -2.19. The number of aryl methyl sites for hydroxylation is 1. The van der Waals surface area contributed by atoms with Gasteiger partial charge in [-0.25, -0.2) is 18.7 Å². The molecular formula is C24H20ClF6N9O2S. The summed E-state index contributed by atoms with van der Waals surface area (Å²) in [5.41, 5.74) is -0.813. The Hall–Kier alpha value is -4.16. The average Bonchev–Trinajstić information content (AvgIpc) is 3.69. The number of hydrogen-bond acceptors (Lipinski definition) is 7. The number of alkyl halides is 5. The van der Waals surface area contributed by atoms with E-state index in [0.29, 0.717) is 27.0 Å². The normalized spacial score (nSPS) is 12.5. The molecule has 43 heavy (non-hydrogen) atoms. The van der Waals surface area contributed by atoms with Gasteiger partial charge in [-0.05, 0) is 18.2 Å². The van der Waals surface area contributed by atoms with Gasteiger partial charge in [-0.1, -0.05) is 22.0 Å². The first kappa shape index (κ1) is 31.8. The van der Waals surface area contributed by atoms with Crippen molar-refractivity contribution in [3.8, 4) is 28.2 Å². The van der Waals surface area contributed by atoms with Crippen LogP contribution in [0.4, 0.5) is 26.3 Å². The van der Waals surface area contributed by atoms with Crippen LogP contribution in [0.2, 0.25) is 5.02 Å². The smallest absolute Gasteiger partial charge is 0.436 e. The first-order valence-electron chi connectivity index (χ1n) is 11.9. The minimum absolute atomic E-state index is 0. The lowest BCUT2D eigenvalue weighted by Crippen LogP contribution is -2.35. The molecule has 0 spiro atoms. The zero-order valence-electron chi connectivity index (χ0n) is 21.8. The van der Waals surface area contributed by atoms with Crippen LogP contribution in [0, 0.1) is 11.0 Å². The second kappa shape index (κ2) is 12.6. The van der Waals surface area contributed by atoms with Crippen LogP contribution < -0.4 is 4.73 Å². The van der Waals surface area contributed by atoms with E-state index in [-0.39, 0.29) is 47.4 Å². The number of hydrogen-bond donors (Lipinski definition) is 0. The number of ether oxygens (including phenoxy) is 1. The molecule has 0 unspecified atom stereocenters. The van der Waals surface area contributed by atoms with Gasteiger partial charge in [-0.15, -0.1) is 10.2 Å². The fourth-order valence-corrected chi connectivity index (χ4v) is 4.45. The maximum atomic E-state index is 15.3. The van der Waals surface area contributed by atoms with Crippen molar-refractivity contribution >= 4 is 25.1 Å². The maximum absolute atomic E-state index is 15.3. The predicted molar refractivity (Wildman–Crippen MR) is 143 cm³/mol. The summed E-state index contributed by atoms with van der Waals surface area (Å²) >= 11 is 5.96. The van der Waals surface area contributed by atoms with Crippen LogP contribution in [-0.2, 0) is 18.0 Å². The molecule has 0 aliphatic heterocycles. The van der Waals surface area contributed by atoms with E-state index >= 15 is 4.39 Å². The third-order valence-electron chi connectivity index (χ3n) is 6.25. The molecule has 0 aliphatic carbocycles. The van der Waals surface area contributed by atoms with E-state index in [1.807, 2.05) is 0 Å². The van der Waals surface area contributed by atoms with E-state index in [0.717, 1.165) is 12.3 Å². The molecule has 0 aliphatic rings. The first-order chi connectivity index (χ1) is 19.9. The van der Waals surface area contributed by atoms with Crippen LogP contribution in [0.15, 0.2) is 55.4 Å². The van der Waals surface area contributed by atoms with Crippen LogP contribution in [0.1, 0.15) is 23.9 Å². The Morgan fingerprint density at radius 3 is 2.51 bits per heavy atom. The summed E-state index contributed by atoms with van der Waals surface area (Å²) < 4.78 is 88.5. The number of rotatable bonds is 9. The van der Waals surface area contributed by atoms with Gasteiger partial charge in [-0.2, -0.15) is 40.2 Å². The molecule has 5 aromatic rings. The topological polar surface area (TPSA) is 115 Å². The Kier molecular flexibility index (Phi) is 9.31. The molecule has 4 heterocycles. The molecule has 0 saturated heterocycles. The van der Waals surface area contributed by atoms with Crippen molar-refractivity contribution in [3.63, 3.8) is 0 Å². The Morgan fingerprint density at radius 1 is 1.12 bits per heavy atom. The molecule has 19 heteroatoms. The van der Waals surface area contributed by atoms with Crippen molar-refractivity contribution in [2.45, 2.75) is 25.3 Å². The second-order valence-electron chi connectivity index (χ2n) is 8.85. The molecule has 0 bridgehead atoms. The lowest BCUT2D eigenvalue weighted by atomic mass is 10.0. The number of benzene rings is 1. The summed E-state index contributed by atoms with van der Waals surface area (Å²) in [4.78, 5) is 4.29. The number of nitrogens with zero attached hydrogens (tertiary/aromatic N) is 9. The fraction of sp³-hybridized carbons (Fsp3) is 0.250. The van der Waals surface area contributed by atoms with Gasteiger partial charge in [-0.3, -0.25) is 0 Å². The van der Waals surface area contributed by atoms with Crippen LogP contribution in [-0.4, -0.2) is 52.8 Å². The monoisotopic (exact) mass is 647 g/mol. The van der Waals surface area contributed by atoms with E-state index in [4.69, 9.17) is 11.6 Å². The summed E-state index contributed by atoms with van der Waals surface area (Å²) in [6, 6.07) is 4.15. The van der Waals surface area contributed by atoms with Crippen molar-refractivity contribution in [2.24, 2.45) is 7.05 Å². The molecule has 0 saturated carbocycles. The number of pyridine rings is 1. The first-order valence-corrected chi connectivity index (χ1v) is 12.3. The van der Waals surface area contributed by atoms with Gasteiger partial charge in [0, 0.05) is 25.7 Å². The number of halogens is 7. The average molecular weight is 648 g/mol. The Labute approximate surface area is 250 Å². The van der Waals surface area contributed by atoms with Crippen LogP contribution in [0.5, 0.6) is 0 Å². The summed E-state index contributed by atoms with van der Waals surface area (Å²) in [5.74, 6) is -1.02. The van der Waals surface area contributed by atoms with Gasteiger partial charge < -0.3 is 14.5 Å².